The first-order valence-electron chi connectivity index (χ1n) is 7.27. The predicted molar refractivity (Wildman–Crippen MR) is 83.6 cm³/mol. The fourth-order valence-corrected chi connectivity index (χ4v) is 3.02. The van der Waals surface area contributed by atoms with Crippen LogP contribution in [0, 0.1) is 10.1 Å². The van der Waals surface area contributed by atoms with Gasteiger partial charge in [-0.1, -0.05) is 6.07 Å². The van der Waals surface area contributed by atoms with E-state index in [1.807, 2.05) is 4.90 Å². The Morgan fingerprint density at radius 3 is 2.50 bits per heavy atom. The quantitative estimate of drug-likeness (QED) is 0.693. The molecule has 6 heteroatoms. The minimum atomic E-state index is -1.04. The molecule has 1 fully saturated rings. The third-order valence-electron chi connectivity index (χ3n) is 4.10. The Labute approximate surface area is 127 Å². The van der Waals surface area contributed by atoms with Gasteiger partial charge in [-0.15, -0.1) is 0 Å². The van der Waals surface area contributed by atoms with Crippen LogP contribution >= 0.6 is 0 Å². The van der Waals surface area contributed by atoms with Gasteiger partial charge in [-0.25, -0.2) is 4.79 Å². The largest absolute Gasteiger partial charge is 0.478 e. The molecule has 1 aliphatic rings. The average molecular weight is 300 g/mol. The van der Waals surface area contributed by atoms with Crippen molar-refractivity contribution in [3.05, 3.63) is 46.0 Å². The van der Waals surface area contributed by atoms with Gasteiger partial charge in [0.15, 0.2) is 0 Å². The van der Waals surface area contributed by atoms with Crippen LogP contribution in [-0.4, -0.2) is 29.1 Å². The highest BCUT2D eigenvalue weighted by Gasteiger charge is 2.24. The molecule has 0 aromatic heterocycles. The monoisotopic (exact) mass is 300 g/mol. The number of carboxylic acids is 1. The molecule has 1 heterocycles. The maximum absolute atomic E-state index is 11.6. The highest BCUT2D eigenvalue weighted by Crippen LogP contribution is 2.37. The van der Waals surface area contributed by atoms with Crippen LogP contribution < -0.4 is 4.90 Å². The second kappa shape index (κ2) is 5.63. The first kappa shape index (κ1) is 14.3. The summed E-state index contributed by atoms with van der Waals surface area (Å²) in [5.74, 6) is -1.04. The zero-order chi connectivity index (χ0) is 15.7. The van der Waals surface area contributed by atoms with Crippen LogP contribution in [0.4, 0.5) is 11.4 Å². The fourth-order valence-electron chi connectivity index (χ4n) is 3.02. The number of nitro groups is 1. The zero-order valence-electron chi connectivity index (χ0n) is 12.0. The minimum absolute atomic E-state index is 0.0661. The maximum atomic E-state index is 11.6. The number of hydrogen-bond donors (Lipinski definition) is 1. The third-order valence-corrected chi connectivity index (χ3v) is 4.10. The molecule has 0 radical (unpaired) electrons. The summed E-state index contributed by atoms with van der Waals surface area (Å²) in [5.41, 5.74) is 0.823. The molecule has 22 heavy (non-hydrogen) atoms. The van der Waals surface area contributed by atoms with E-state index >= 15 is 0 Å². The van der Waals surface area contributed by atoms with E-state index < -0.39 is 5.97 Å². The molecule has 1 N–H and O–H groups in total. The summed E-state index contributed by atoms with van der Waals surface area (Å²) in [5, 5.41) is 21.7. The normalized spacial score (nSPS) is 15.0. The van der Waals surface area contributed by atoms with Crippen LogP contribution in [0.15, 0.2) is 30.3 Å². The maximum Gasteiger partial charge on any atom is 0.335 e. The van der Waals surface area contributed by atoms with E-state index in [-0.39, 0.29) is 16.2 Å². The van der Waals surface area contributed by atoms with E-state index in [2.05, 4.69) is 0 Å². The van der Waals surface area contributed by atoms with Gasteiger partial charge in [0.25, 0.3) is 5.69 Å². The van der Waals surface area contributed by atoms with Gasteiger partial charge in [-0.05, 0) is 48.9 Å². The van der Waals surface area contributed by atoms with Crippen LogP contribution in [-0.2, 0) is 0 Å². The second-order valence-corrected chi connectivity index (χ2v) is 5.48. The average Bonchev–Trinajstić information content (AvgIpc) is 2.53. The molecular weight excluding hydrogens is 284 g/mol. The smallest absolute Gasteiger partial charge is 0.335 e. The number of carbonyl (C=O) groups is 1. The molecule has 6 nitrogen and oxygen atoms in total. The highest BCUT2D eigenvalue weighted by molar-refractivity contribution is 6.01. The van der Waals surface area contributed by atoms with Crippen molar-refractivity contribution in [3.8, 4) is 0 Å². The van der Waals surface area contributed by atoms with Crippen molar-refractivity contribution in [2.75, 3.05) is 18.0 Å². The van der Waals surface area contributed by atoms with Gasteiger partial charge in [-0.2, -0.15) is 0 Å². The van der Waals surface area contributed by atoms with Gasteiger partial charge in [0.05, 0.1) is 15.9 Å². The Hall–Kier alpha value is -2.63. The molecule has 114 valence electrons. The SMILES string of the molecule is O=C(O)c1ccc2c([N+](=O)[O-])c(N3CCCCC3)ccc2c1. The summed E-state index contributed by atoms with van der Waals surface area (Å²) in [6.07, 6.45) is 3.22. The van der Waals surface area contributed by atoms with E-state index in [4.69, 9.17) is 5.11 Å². The van der Waals surface area contributed by atoms with Crippen molar-refractivity contribution in [2.24, 2.45) is 0 Å². The summed E-state index contributed by atoms with van der Waals surface area (Å²) in [6, 6.07) is 7.92. The first-order valence-corrected chi connectivity index (χ1v) is 7.27. The fraction of sp³-hybridized carbons (Fsp3) is 0.312. The summed E-state index contributed by atoms with van der Waals surface area (Å²) >= 11 is 0. The number of nitrogens with zero attached hydrogens (tertiary/aromatic N) is 2. The Bertz CT molecular complexity index is 751. The van der Waals surface area contributed by atoms with E-state index in [9.17, 15) is 14.9 Å². The summed E-state index contributed by atoms with van der Waals surface area (Å²) in [6.45, 7) is 1.64. The number of hydrogen-bond acceptors (Lipinski definition) is 4. The third kappa shape index (κ3) is 2.47. The van der Waals surface area contributed by atoms with Crippen molar-refractivity contribution < 1.29 is 14.8 Å². The standard InChI is InChI=1S/C16H16N2O4/c19-16(20)12-4-6-13-11(10-12)5-7-14(15(13)18(21)22)17-8-2-1-3-9-17/h4-7,10H,1-3,8-9H2,(H,19,20). The number of nitro benzene ring substituents is 1. The van der Waals surface area contributed by atoms with Crippen LogP contribution in [0.5, 0.6) is 0 Å². The number of piperidine rings is 1. The van der Waals surface area contributed by atoms with Crippen molar-refractivity contribution in [1.29, 1.82) is 0 Å². The Balaban J connectivity index is 2.17. The van der Waals surface area contributed by atoms with Gasteiger partial charge in [0.2, 0.25) is 0 Å². The number of anilines is 1. The summed E-state index contributed by atoms with van der Waals surface area (Å²) in [4.78, 5) is 24.3. The predicted octanol–water partition coefficient (Wildman–Crippen LogP) is 3.44. The lowest BCUT2D eigenvalue weighted by atomic mass is 10.0. The van der Waals surface area contributed by atoms with Crippen molar-refractivity contribution >= 4 is 28.1 Å². The summed E-state index contributed by atoms with van der Waals surface area (Å²) in [7, 11) is 0. The van der Waals surface area contributed by atoms with Gasteiger partial charge < -0.3 is 10.0 Å². The Kier molecular flexibility index (Phi) is 3.66. The molecule has 0 atom stereocenters. The Morgan fingerprint density at radius 2 is 1.86 bits per heavy atom. The van der Waals surface area contributed by atoms with Gasteiger partial charge in [-0.3, -0.25) is 10.1 Å². The first-order chi connectivity index (χ1) is 10.6. The molecule has 0 amide bonds. The lowest BCUT2D eigenvalue weighted by Crippen LogP contribution is -2.29. The van der Waals surface area contributed by atoms with E-state index in [1.165, 1.54) is 18.2 Å². The molecule has 1 aliphatic heterocycles. The molecule has 2 aromatic rings. The van der Waals surface area contributed by atoms with Gasteiger partial charge in [0, 0.05) is 13.1 Å². The molecular formula is C16H16N2O4. The van der Waals surface area contributed by atoms with Crippen LogP contribution in [0.25, 0.3) is 10.8 Å². The van der Waals surface area contributed by atoms with Crippen LogP contribution in [0.2, 0.25) is 0 Å². The van der Waals surface area contributed by atoms with Crippen molar-refractivity contribution in [3.63, 3.8) is 0 Å². The molecule has 0 aliphatic carbocycles. The molecule has 1 saturated heterocycles. The molecule has 2 aromatic carbocycles. The molecule has 0 bridgehead atoms. The van der Waals surface area contributed by atoms with Gasteiger partial charge in [0.1, 0.15) is 5.69 Å². The van der Waals surface area contributed by atoms with Gasteiger partial charge >= 0.3 is 5.97 Å². The minimum Gasteiger partial charge on any atom is -0.478 e. The van der Waals surface area contributed by atoms with Crippen molar-refractivity contribution in [2.45, 2.75) is 19.3 Å². The topological polar surface area (TPSA) is 83.7 Å². The molecule has 0 spiro atoms. The van der Waals surface area contributed by atoms with Crippen LogP contribution in [0.3, 0.4) is 0 Å². The Morgan fingerprint density at radius 1 is 1.14 bits per heavy atom. The van der Waals surface area contributed by atoms with E-state index in [0.29, 0.717) is 16.5 Å². The number of benzene rings is 2. The lowest BCUT2D eigenvalue weighted by molar-refractivity contribution is -0.382. The molecule has 0 saturated carbocycles. The van der Waals surface area contributed by atoms with Crippen molar-refractivity contribution in [1.82, 2.24) is 0 Å². The number of fused-ring (bicyclic) bond motifs is 1. The molecule has 0 unspecified atom stereocenters. The number of aromatic carboxylic acids is 1. The van der Waals surface area contributed by atoms with Crippen LogP contribution in [0.1, 0.15) is 29.6 Å². The number of carboxylic acid groups (broad SMARTS) is 1. The lowest BCUT2D eigenvalue weighted by Gasteiger charge is -2.28. The van der Waals surface area contributed by atoms with E-state index in [0.717, 1.165) is 32.4 Å². The molecule has 3 rings (SSSR count). The summed E-state index contributed by atoms with van der Waals surface area (Å²) < 4.78 is 0. The highest BCUT2D eigenvalue weighted by atomic mass is 16.6. The van der Waals surface area contributed by atoms with E-state index in [1.54, 1.807) is 12.1 Å². The zero-order valence-corrected chi connectivity index (χ0v) is 12.0. The second-order valence-electron chi connectivity index (χ2n) is 5.48. The number of rotatable bonds is 3.